The summed E-state index contributed by atoms with van der Waals surface area (Å²) in [6, 6.07) is 6.58. The Kier molecular flexibility index (Phi) is 3.26. The molecule has 5 heteroatoms. The second-order valence-corrected chi connectivity index (χ2v) is 3.95. The van der Waals surface area contributed by atoms with Gasteiger partial charge in [-0.2, -0.15) is 13.2 Å². The minimum Gasteiger partial charge on any atom is -0.306 e. The summed E-state index contributed by atoms with van der Waals surface area (Å²) in [5, 5.41) is 2.69. The van der Waals surface area contributed by atoms with Crippen molar-refractivity contribution in [2.75, 3.05) is 7.05 Å². The number of alkyl halides is 3. The van der Waals surface area contributed by atoms with Crippen LogP contribution in [0.15, 0.2) is 36.4 Å². The first-order valence-electron chi connectivity index (χ1n) is 5.36. The van der Waals surface area contributed by atoms with Crippen LogP contribution in [0.4, 0.5) is 17.6 Å². The molecule has 0 bridgehead atoms. The van der Waals surface area contributed by atoms with Crippen LogP contribution < -0.4 is 5.32 Å². The number of benzene rings is 2. The standard InChI is InChI=1S/C13H11F4N/c1-18-12(13(15,16)17)10-6-7-11(14)9-5-3-2-4-8(9)10/h2-7,12,18H,1H3. The van der Waals surface area contributed by atoms with Crippen molar-refractivity contribution >= 4 is 10.8 Å². The predicted molar refractivity (Wildman–Crippen MR) is 61.8 cm³/mol. The molecule has 0 spiro atoms. The third-order valence-corrected chi connectivity index (χ3v) is 2.83. The van der Waals surface area contributed by atoms with Crippen molar-refractivity contribution in [3.8, 4) is 0 Å². The summed E-state index contributed by atoms with van der Waals surface area (Å²) in [5.74, 6) is -0.522. The van der Waals surface area contributed by atoms with Crippen LogP contribution in [0.1, 0.15) is 11.6 Å². The van der Waals surface area contributed by atoms with Gasteiger partial charge in [-0.3, -0.25) is 0 Å². The van der Waals surface area contributed by atoms with Gasteiger partial charge in [0.15, 0.2) is 0 Å². The highest BCUT2D eigenvalue weighted by Gasteiger charge is 2.40. The second kappa shape index (κ2) is 4.57. The molecule has 1 atom stereocenters. The van der Waals surface area contributed by atoms with Gasteiger partial charge in [0, 0.05) is 5.39 Å². The van der Waals surface area contributed by atoms with E-state index in [0.29, 0.717) is 0 Å². The largest absolute Gasteiger partial charge is 0.407 e. The molecule has 2 rings (SSSR count). The molecule has 0 aliphatic heterocycles. The van der Waals surface area contributed by atoms with E-state index >= 15 is 0 Å². The molecular formula is C13H11F4N. The van der Waals surface area contributed by atoms with Crippen LogP contribution in [0.3, 0.4) is 0 Å². The zero-order valence-electron chi connectivity index (χ0n) is 9.55. The van der Waals surface area contributed by atoms with Crippen LogP contribution in [0, 0.1) is 5.82 Å². The normalized spacial score (nSPS) is 13.8. The lowest BCUT2D eigenvalue weighted by molar-refractivity contribution is -0.156. The molecule has 0 heterocycles. The first kappa shape index (κ1) is 12.8. The summed E-state index contributed by atoms with van der Waals surface area (Å²) in [6.07, 6.45) is -4.42. The Labute approximate surface area is 101 Å². The quantitative estimate of drug-likeness (QED) is 0.807. The maximum absolute atomic E-state index is 13.5. The van der Waals surface area contributed by atoms with Gasteiger partial charge in [0.05, 0.1) is 0 Å². The van der Waals surface area contributed by atoms with Crippen molar-refractivity contribution in [2.24, 2.45) is 0 Å². The lowest BCUT2D eigenvalue weighted by atomic mass is 9.98. The number of hydrogen-bond donors (Lipinski definition) is 1. The van der Waals surface area contributed by atoms with E-state index in [1.165, 1.54) is 25.2 Å². The van der Waals surface area contributed by atoms with E-state index in [1.807, 2.05) is 0 Å². The summed E-state index contributed by atoms with van der Waals surface area (Å²) in [6.45, 7) is 0. The fourth-order valence-electron chi connectivity index (χ4n) is 2.03. The maximum Gasteiger partial charge on any atom is 0.407 e. The molecule has 96 valence electrons. The fraction of sp³-hybridized carbons (Fsp3) is 0.231. The van der Waals surface area contributed by atoms with E-state index in [-0.39, 0.29) is 16.3 Å². The minimum atomic E-state index is -4.42. The highest BCUT2D eigenvalue weighted by atomic mass is 19.4. The minimum absolute atomic E-state index is 0.0296. The van der Waals surface area contributed by atoms with E-state index in [2.05, 4.69) is 5.32 Å². The van der Waals surface area contributed by atoms with E-state index in [9.17, 15) is 17.6 Å². The highest BCUT2D eigenvalue weighted by molar-refractivity contribution is 5.86. The Bertz CT molecular complexity index is 562. The molecule has 0 amide bonds. The van der Waals surface area contributed by atoms with E-state index in [4.69, 9.17) is 0 Å². The number of fused-ring (bicyclic) bond motifs is 1. The number of hydrogen-bond acceptors (Lipinski definition) is 1. The van der Waals surface area contributed by atoms with Crippen LogP contribution in [-0.2, 0) is 0 Å². The molecule has 2 aromatic carbocycles. The van der Waals surface area contributed by atoms with Gasteiger partial charge < -0.3 is 5.32 Å². The molecule has 0 fully saturated rings. The van der Waals surface area contributed by atoms with Crippen LogP contribution >= 0.6 is 0 Å². The molecule has 1 nitrogen and oxygen atoms in total. The summed E-state index contributed by atoms with van der Waals surface area (Å²) >= 11 is 0. The van der Waals surface area contributed by atoms with Gasteiger partial charge in [0.1, 0.15) is 11.9 Å². The fourth-order valence-corrected chi connectivity index (χ4v) is 2.03. The van der Waals surface area contributed by atoms with Crippen LogP contribution in [0.25, 0.3) is 10.8 Å². The maximum atomic E-state index is 13.5. The molecule has 1 unspecified atom stereocenters. The topological polar surface area (TPSA) is 12.0 Å². The predicted octanol–water partition coefficient (Wildman–Crippen LogP) is 3.80. The Hall–Kier alpha value is -1.62. The van der Waals surface area contributed by atoms with Crippen LogP contribution in [0.2, 0.25) is 0 Å². The SMILES string of the molecule is CNC(c1ccc(F)c2ccccc12)C(F)(F)F. The molecule has 0 saturated carbocycles. The molecule has 18 heavy (non-hydrogen) atoms. The molecule has 0 radical (unpaired) electrons. The molecular weight excluding hydrogens is 246 g/mol. The van der Waals surface area contributed by atoms with Crippen molar-refractivity contribution < 1.29 is 17.6 Å². The van der Waals surface area contributed by atoms with E-state index in [1.54, 1.807) is 12.1 Å². The van der Waals surface area contributed by atoms with Crippen molar-refractivity contribution in [1.29, 1.82) is 0 Å². The molecule has 2 aromatic rings. The van der Waals surface area contributed by atoms with Gasteiger partial charge in [-0.1, -0.05) is 30.3 Å². The van der Waals surface area contributed by atoms with Crippen LogP contribution in [0.5, 0.6) is 0 Å². The van der Waals surface area contributed by atoms with Crippen molar-refractivity contribution in [1.82, 2.24) is 5.32 Å². The number of rotatable bonds is 2. The first-order valence-corrected chi connectivity index (χ1v) is 5.36. The van der Waals surface area contributed by atoms with Gasteiger partial charge in [0.25, 0.3) is 0 Å². The van der Waals surface area contributed by atoms with Crippen molar-refractivity contribution in [3.63, 3.8) is 0 Å². The van der Waals surface area contributed by atoms with Gasteiger partial charge in [0.2, 0.25) is 0 Å². The van der Waals surface area contributed by atoms with Gasteiger partial charge in [-0.05, 0) is 24.1 Å². The molecule has 1 N–H and O–H groups in total. The summed E-state index contributed by atoms with van der Waals surface area (Å²) < 4.78 is 52.2. The molecule has 0 aliphatic rings. The number of halogens is 4. The van der Waals surface area contributed by atoms with Gasteiger partial charge in [-0.15, -0.1) is 0 Å². The van der Waals surface area contributed by atoms with Gasteiger partial charge >= 0.3 is 6.18 Å². The monoisotopic (exact) mass is 257 g/mol. The summed E-state index contributed by atoms with van der Waals surface area (Å²) in [5.41, 5.74) is 0.0296. The van der Waals surface area contributed by atoms with Crippen molar-refractivity contribution in [3.05, 3.63) is 47.8 Å². The highest BCUT2D eigenvalue weighted by Crippen LogP contribution is 2.36. The van der Waals surface area contributed by atoms with Crippen LogP contribution in [-0.4, -0.2) is 13.2 Å². The first-order chi connectivity index (χ1) is 8.45. The number of nitrogens with one attached hydrogen (secondary N) is 1. The molecule has 0 aliphatic carbocycles. The lowest BCUT2D eigenvalue weighted by Gasteiger charge is -2.21. The average molecular weight is 257 g/mol. The Balaban J connectivity index is 2.68. The van der Waals surface area contributed by atoms with E-state index in [0.717, 1.165) is 6.07 Å². The Morgan fingerprint density at radius 1 is 1.00 bits per heavy atom. The molecule has 0 aromatic heterocycles. The Morgan fingerprint density at radius 3 is 2.17 bits per heavy atom. The zero-order valence-corrected chi connectivity index (χ0v) is 9.55. The summed E-state index contributed by atoms with van der Waals surface area (Å²) in [7, 11) is 1.23. The second-order valence-electron chi connectivity index (χ2n) is 3.95. The average Bonchev–Trinajstić information content (AvgIpc) is 2.32. The third kappa shape index (κ3) is 2.18. The van der Waals surface area contributed by atoms with Gasteiger partial charge in [-0.25, -0.2) is 4.39 Å². The van der Waals surface area contributed by atoms with E-state index < -0.39 is 18.0 Å². The third-order valence-electron chi connectivity index (χ3n) is 2.83. The summed E-state index contributed by atoms with van der Waals surface area (Å²) in [4.78, 5) is 0. The zero-order chi connectivity index (χ0) is 13.3. The molecule has 0 saturated heterocycles. The Morgan fingerprint density at radius 2 is 1.61 bits per heavy atom. The lowest BCUT2D eigenvalue weighted by Crippen LogP contribution is -2.31. The smallest absolute Gasteiger partial charge is 0.306 e. The van der Waals surface area contributed by atoms with Crippen molar-refractivity contribution in [2.45, 2.75) is 12.2 Å².